The zero-order chi connectivity index (χ0) is 36.1. The van der Waals surface area contributed by atoms with Gasteiger partial charge in [0, 0.05) is 12.2 Å². The van der Waals surface area contributed by atoms with Crippen molar-refractivity contribution in [2.75, 3.05) is 0 Å². The molecule has 0 aromatic rings. The Morgan fingerprint density at radius 3 is 1.46 bits per heavy atom. The number of aliphatic carboxylic acids is 2. The molecule has 276 valence electrons. The molecule has 0 aliphatic heterocycles. The first kappa shape index (κ1) is 47.2. The maximum atomic E-state index is 10.2. The summed E-state index contributed by atoms with van der Waals surface area (Å²) in [4.78, 5) is 20.5. The molecule has 0 aliphatic rings. The van der Waals surface area contributed by atoms with E-state index in [1.165, 1.54) is 56.4 Å². The van der Waals surface area contributed by atoms with Crippen LogP contribution in [-0.2, 0) is 9.59 Å². The standard InChI is InChI=1S/2C20H34O4/c1-2-18(21)14-10-8-9-12-16-19(22)15-11-6-4-3-5-7-13-17-20(23)24;1-2-3-4-5-6-8-13-18(21)14-9-7-10-15-19(22)16-11-12-17-20(23)24/h3-5,7,13,17-19,21-22H,2,6,8-12,14-16H2,1H3,(H,23,24);11-12,15-18,21-22H,2-10,13-14H2,1H3,(H,23,24)/b4-3+,7-5+,17-13+;16-11+,17-12+,19-15-. The Kier molecular flexibility index (Phi) is 36.3. The summed E-state index contributed by atoms with van der Waals surface area (Å²) in [5, 5.41) is 55.7. The summed E-state index contributed by atoms with van der Waals surface area (Å²) in [5.74, 6) is -1.82. The summed E-state index contributed by atoms with van der Waals surface area (Å²) >= 11 is 0. The van der Waals surface area contributed by atoms with Crippen molar-refractivity contribution in [1.29, 1.82) is 0 Å². The molecule has 3 unspecified atom stereocenters. The third-order valence-electron chi connectivity index (χ3n) is 7.77. The number of rotatable bonds is 30. The minimum atomic E-state index is -1.01. The summed E-state index contributed by atoms with van der Waals surface area (Å²) < 4.78 is 0. The van der Waals surface area contributed by atoms with Crippen LogP contribution in [0, 0.1) is 0 Å². The van der Waals surface area contributed by atoms with Crippen LogP contribution in [0.5, 0.6) is 0 Å². The number of aliphatic hydroxyl groups excluding tert-OH is 4. The Balaban J connectivity index is 0. The number of unbranched alkanes of at least 4 members (excludes halogenated alkanes) is 11. The second-order valence-electron chi connectivity index (χ2n) is 12.3. The van der Waals surface area contributed by atoms with Gasteiger partial charge in [0.25, 0.3) is 0 Å². The molecule has 0 aromatic heterocycles. The molecule has 0 amide bonds. The van der Waals surface area contributed by atoms with E-state index in [2.05, 4.69) is 6.92 Å². The summed E-state index contributed by atoms with van der Waals surface area (Å²) in [7, 11) is 0. The van der Waals surface area contributed by atoms with Crippen molar-refractivity contribution in [3.05, 3.63) is 72.6 Å². The van der Waals surface area contributed by atoms with Crippen LogP contribution in [0.1, 0.15) is 149 Å². The highest BCUT2D eigenvalue weighted by Gasteiger charge is 2.05. The Hall–Kier alpha value is -2.94. The maximum Gasteiger partial charge on any atom is 0.328 e. The SMILES string of the molecule is CCC(O)CCCCCCC(O)CCC/C=C/C=C/C=C/C(=O)O.CCCCCCCCC(O)CCCC/C=C(O)/C=C/C=C/C(=O)O. The third-order valence-corrected chi connectivity index (χ3v) is 7.77. The van der Waals surface area contributed by atoms with Crippen LogP contribution >= 0.6 is 0 Å². The first-order valence-corrected chi connectivity index (χ1v) is 18.4. The first-order valence-electron chi connectivity index (χ1n) is 18.4. The number of allylic oxidation sites excluding steroid dienone is 9. The van der Waals surface area contributed by atoms with Crippen LogP contribution in [0.15, 0.2) is 72.6 Å². The number of hydrogen-bond donors (Lipinski definition) is 6. The molecule has 3 atom stereocenters. The van der Waals surface area contributed by atoms with Gasteiger partial charge in [-0.1, -0.05) is 127 Å². The highest BCUT2D eigenvalue weighted by atomic mass is 16.4. The monoisotopic (exact) mass is 676 g/mol. The van der Waals surface area contributed by atoms with Gasteiger partial charge in [0.15, 0.2) is 0 Å². The average molecular weight is 677 g/mol. The molecule has 8 heteroatoms. The Bertz CT molecular complexity index is 932. The molecule has 0 aromatic carbocycles. The van der Waals surface area contributed by atoms with Gasteiger partial charge in [-0.15, -0.1) is 0 Å². The van der Waals surface area contributed by atoms with Crippen molar-refractivity contribution in [3.63, 3.8) is 0 Å². The number of hydrogen-bond acceptors (Lipinski definition) is 6. The number of carboxylic acids is 2. The predicted molar refractivity (Wildman–Crippen MR) is 198 cm³/mol. The molecule has 6 N–H and O–H groups in total. The summed E-state index contributed by atoms with van der Waals surface area (Å²) in [6.45, 7) is 4.22. The molecule has 0 heterocycles. The molecule has 0 fully saturated rings. The summed E-state index contributed by atoms with van der Waals surface area (Å²) in [5.41, 5.74) is 0. The second-order valence-corrected chi connectivity index (χ2v) is 12.3. The highest BCUT2D eigenvalue weighted by Crippen LogP contribution is 2.14. The smallest absolute Gasteiger partial charge is 0.328 e. The molecule has 0 rings (SSSR count). The molecular formula is C40H68O8. The van der Waals surface area contributed by atoms with E-state index in [1.807, 2.05) is 19.1 Å². The van der Waals surface area contributed by atoms with E-state index in [4.69, 9.17) is 10.2 Å². The molecule has 0 aliphatic carbocycles. The molecule has 8 nitrogen and oxygen atoms in total. The normalized spacial score (nSPS) is 14.3. The third kappa shape index (κ3) is 41.1. The Labute approximate surface area is 291 Å². The topological polar surface area (TPSA) is 156 Å². The predicted octanol–water partition coefficient (Wildman–Crippen LogP) is 9.68. The van der Waals surface area contributed by atoms with Gasteiger partial charge >= 0.3 is 11.9 Å². The van der Waals surface area contributed by atoms with Crippen LogP contribution in [0.3, 0.4) is 0 Å². The zero-order valence-electron chi connectivity index (χ0n) is 29.9. The second kappa shape index (κ2) is 36.9. The molecule has 0 spiro atoms. The van der Waals surface area contributed by atoms with E-state index < -0.39 is 11.9 Å². The van der Waals surface area contributed by atoms with E-state index in [9.17, 15) is 30.0 Å². The van der Waals surface area contributed by atoms with Gasteiger partial charge < -0.3 is 30.6 Å². The molecular weight excluding hydrogens is 608 g/mol. The molecule has 0 bridgehead atoms. The van der Waals surface area contributed by atoms with Crippen molar-refractivity contribution < 1.29 is 40.2 Å². The lowest BCUT2D eigenvalue weighted by Crippen LogP contribution is -2.06. The number of carbonyl (C=O) groups is 2. The molecule has 0 radical (unpaired) electrons. The fourth-order valence-electron chi connectivity index (χ4n) is 4.81. The minimum absolute atomic E-state index is 0.137. The maximum absolute atomic E-state index is 10.2. The minimum Gasteiger partial charge on any atom is -0.508 e. The van der Waals surface area contributed by atoms with Crippen molar-refractivity contribution in [1.82, 2.24) is 0 Å². The lowest BCUT2D eigenvalue weighted by molar-refractivity contribution is -0.132. The van der Waals surface area contributed by atoms with Crippen LogP contribution in [0.25, 0.3) is 0 Å². The van der Waals surface area contributed by atoms with Gasteiger partial charge in [-0.3, -0.25) is 0 Å². The van der Waals surface area contributed by atoms with Gasteiger partial charge in [0.1, 0.15) is 5.76 Å². The highest BCUT2D eigenvalue weighted by molar-refractivity contribution is 5.80. The van der Waals surface area contributed by atoms with Crippen molar-refractivity contribution >= 4 is 11.9 Å². The molecule has 0 saturated carbocycles. The zero-order valence-corrected chi connectivity index (χ0v) is 29.9. The van der Waals surface area contributed by atoms with Crippen LogP contribution in [0.2, 0.25) is 0 Å². The number of aliphatic hydroxyl groups is 4. The van der Waals surface area contributed by atoms with Crippen molar-refractivity contribution in [2.45, 2.75) is 167 Å². The van der Waals surface area contributed by atoms with E-state index >= 15 is 0 Å². The van der Waals surface area contributed by atoms with E-state index in [1.54, 1.807) is 18.2 Å². The average Bonchev–Trinajstić information content (AvgIpc) is 3.05. The van der Waals surface area contributed by atoms with Gasteiger partial charge in [0.05, 0.1) is 18.3 Å². The van der Waals surface area contributed by atoms with Crippen molar-refractivity contribution in [3.8, 4) is 0 Å². The number of carboxylic acid groups (broad SMARTS) is 2. The Morgan fingerprint density at radius 1 is 0.479 bits per heavy atom. The van der Waals surface area contributed by atoms with E-state index in [0.717, 1.165) is 115 Å². The van der Waals surface area contributed by atoms with Crippen LogP contribution in [-0.4, -0.2) is 60.9 Å². The summed E-state index contributed by atoms with van der Waals surface area (Å²) in [6.07, 6.45) is 38.0. The van der Waals surface area contributed by atoms with Gasteiger partial charge in [-0.2, -0.15) is 0 Å². The molecule has 0 saturated heterocycles. The fraction of sp³-hybridized carbons (Fsp3) is 0.650. The van der Waals surface area contributed by atoms with Gasteiger partial charge in [-0.05, 0) is 76.4 Å². The lowest BCUT2D eigenvalue weighted by Gasteiger charge is -2.10. The van der Waals surface area contributed by atoms with Gasteiger partial charge in [0.2, 0.25) is 0 Å². The van der Waals surface area contributed by atoms with Crippen molar-refractivity contribution in [2.24, 2.45) is 0 Å². The van der Waals surface area contributed by atoms with Crippen LogP contribution in [0.4, 0.5) is 0 Å². The first-order chi connectivity index (χ1) is 23.1. The molecule has 48 heavy (non-hydrogen) atoms. The lowest BCUT2D eigenvalue weighted by atomic mass is 10.0. The fourth-order valence-corrected chi connectivity index (χ4v) is 4.81. The largest absolute Gasteiger partial charge is 0.508 e. The van der Waals surface area contributed by atoms with E-state index in [-0.39, 0.29) is 24.1 Å². The van der Waals surface area contributed by atoms with Gasteiger partial charge in [-0.25, -0.2) is 9.59 Å². The Morgan fingerprint density at radius 2 is 0.917 bits per heavy atom. The quantitative estimate of drug-likeness (QED) is 0.0190. The van der Waals surface area contributed by atoms with Crippen LogP contribution < -0.4 is 0 Å². The summed E-state index contributed by atoms with van der Waals surface area (Å²) in [6, 6.07) is 0. The van der Waals surface area contributed by atoms with E-state index in [0.29, 0.717) is 0 Å².